The molecule has 5 heteroatoms. The fourth-order valence-electron chi connectivity index (χ4n) is 1.98. The summed E-state index contributed by atoms with van der Waals surface area (Å²) in [5.41, 5.74) is 3.18. The third kappa shape index (κ3) is 2.88. The molecule has 104 valence electrons. The Morgan fingerprint density at radius 3 is 2.70 bits per heavy atom. The normalized spacial score (nSPS) is 10.2. The molecule has 1 aromatic carbocycles. The molecule has 2 N–H and O–H groups in total. The largest absolute Gasteiger partial charge is 0.478 e. The van der Waals surface area contributed by atoms with Crippen molar-refractivity contribution < 1.29 is 9.90 Å². The molecule has 0 amide bonds. The summed E-state index contributed by atoms with van der Waals surface area (Å²) in [6.45, 7) is 2.03. The smallest absolute Gasteiger partial charge is 0.339 e. The van der Waals surface area contributed by atoms with E-state index in [1.165, 1.54) is 6.07 Å². The van der Waals surface area contributed by atoms with Crippen LogP contribution in [0.4, 0.5) is 17.2 Å². The van der Waals surface area contributed by atoms with E-state index in [0.717, 1.165) is 16.9 Å². The Balaban J connectivity index is 2.36. The molecule has 0 aliphatic carbocycles. The number of carboxylic acid groups (broad SMARTS) is 1. The minimum Gasteiger partial charge on any atom is -0.478 e. The highest BCUT2D eigenvalue weighted by Gasteiger charge is 2.11. The van der Waals surface area contributed by atoms with Crippen LogP contribution < -0.4 is 10.2 Å². The van der Waals surface area contributed by atoms with Crippen molar-refractivity contribution >= 4 is 23.2 Å². The number of benzene rings is 1. The molecule has 0 saturated carbocycles. The summed E-state index contributed by atoms with van der Waals surface area (Å²) in [4.78, 5) is 17.3. The zero-order valence-electron chi connectivity index (χ0n) is 11.7. The summed E-state index contributed by atoms with van der Waals surface area (Å²) in [5.74, 6) is -0.658. The van der Waals surface area contributed by atoms with Crippen LogP contribution in [-0.4, -0.2) is 30.2 Å². The van der Waals surface area contributed by atoms with Crippen molar-refractivity contribution in [3.8, 4) is 0 Å². The molecule has 0 aliphatic rings. The van der Waals surface area contributed by atoms with Crippen molar-refractivity contribution in [2.45, 2.75) is 6.92 Å². The number of anilines is 3. The van der Waals surface area contributed by atoms with Crippen molar-refractivity contribution in [1.82, 2.24) is 4.98 Å². The summed E-state index contributed by atoms with van der Waals surface area (Å²) in [7, 11) is 3.94. The lowest BCUT2D eigenvalue weighted by atomic mass is 10.1. The number of aromatic carboxylic acids is 1. The lowest BCUT2D eigenvalue weighted by molar-refractivity contribution is 0.0697. The van der Waals surface area contributed by atoms with Gasteiger partial charge in [-0.05, 0) is 36.8 Å². The van der Waals surface area contributed by atoms with Crippen LogP contribution >= 0.6 is 0 Å². The van der Waals surface area contributed by atoms with Gasteiger partial charge < -0.3 is 15.3 Å². The average Bonchev–Trinajstić information content (AvgIpc) is 2.41. The Morgan fingerprint density at radius 2 is 2.05 bits per heavy atom. The van der Waals surface area contributed by atoms with Gasteiger partial charge in [-0.25, -0.2) is 9.78 Å². The van der Waals surface area contributed by atoms with Crippen LogP contribution in [0.5, 0.6) is 0 Å². The summed E-state index contributed by atoms with van der Waals surface area (Å²) in [6.07, 6.45) is 1.57. The average molecular weight is 271 g/mol. The number of carbonyl (C=O) groups is 1. The second kappa shape index (κ2) is 5.61. The van der Waals surface area contributed by atoms with Gasteiger partial charge in [0.1, 0.15) is 11.4 Å². The summed E-state index contributed by atoms with van der Waals surface area (Å²) < 4.78 is 0. The van der Waals surface area contributed by atoms with E-state index in [0.29, 0.717) is 5.82 Å². The van der Waals surface area contributed by atoms with Crippen LogP contribution in [0, 0.1) is 6.92 Å². The maximum Gasteiger partial charge on any atom is 0.339 e. The van der Waals surface area contributed by atoms with E-state index in [4.69, 9.17) is 5.11 Å². The highest BCUT2D eigenvalue weighted by Crippen LogP contribution is 2.25. The van der Waals surface area contributed by atoms with E-state index in [1.807, 2.05) is 44.1 Å². The summed E-state index contributed by atoms with van der Waals surface area (Å²) in [6, 6.07) is 8.99. The Hall–Kier alpha value is -2.56. The predicted octanol–water partition coefficient (Wildman–Crippen LogP) is 2.90. The topological polar surface area (TPSA) is 65.5 Å². The van der Waals surface area contributed by atoms with Crippen molar-refractivity contribution in [3.63, 3.8) is 0 Å². The monoisotopic (exact) mass is 271 g/mol. The van der Waals surface area contributed by atoms with Crippen molar-refractivity contribution in [1.29, 1.82) is 0 Å². The first-order valence-corrected chi connectivity index (χ1v) is 6.22. The molecule has 0 unspecified atom stereocenters. The number of aryl methyl sites for hydroxylation is 1. The van der Waals surface area contributed by atoms with E-state index in [1.54, 1.807) is 12.3 Å². The molecule has 2 aromatic rings. The van der Waals surface area contributed by atoms with Crippen LogP contribution in [0.3, 0.4) is 0 Å². The Labute approximate surface area is 117 Å². The quantitative estimate of drug-likeness (QED) is 0.895. The number of carboxylic acids is 1. The first-order valence-electron chi connectivity index (χ1n) is 6.22. The Bertz CT molecular complexity index is 639. The van der Waals surface area contributed by atoms with Crippen molar-refractivity contribution in [3.05, 3.63) is 47.7 Å². The number of hydrogen-bond donors (Lipinski definition) is 2. The van der Waals surface area contributed by atoms with E-state index in [-0.39, 0.29) is 5.56 Å². The molecule has 20 heavy (non-hydrogen) atoms. The molecule has 1 aromatic heterocycles. The van der Waals surface area contributed by atoms with Crippen LogP contribution in [0.1, 0.15) is 15.9 Å². The third-order valence-corrected chi connectivity index (χ3v) is 2.99. The van der Waals surface area contributed by atoms with Gasteiger partial charge in [0.25, 0.3) is 0 Å². The molecule has 0 bridgehead atoms. The number of pyridine rings is 1. The molecule has 0 radical (unpaired) electrons. The first kappa shape index (κ1) is 13.9. The minimum atomic E-state index is -0.999. The lowest BCUT2D eigenvalue weighted by Gasteiger charge is -2.17. The molecule has 2 rings (SSSR count). The van der Waals surface area contributed by atoms with Crippen LogP contribution in [0.2, 0.25) is 0 Å². The number of hydrogen-bond acceptors (Lipinski definition) is 4. The van der Waals surface area contributed by atoms with Gasteiger partial charge in [-0.2, -0.15) is 0 Å². The van der Waals surface area contributed by atoms with Gasteiger partial charge in [0.15, 0.2) is 0 Å². The van der Waals surface area contributed by atoms with Crippen LogP contribution in [0.25, 0.3) is 0 Å². The highest BCUT2D eigenvalue weighted by molar-refractivity contribution is 5.94. The standard InChI is InChI=1S/C15H17N3O2/c1-10-6-7-11(9-13(10)18(2)3)17-14-12(15(19)20)5-4-8-16-14/h4-9H,1-3H3,(H,16,17)(H,19,20). The molecular weight excluding hydrogens is 254 g/mol. The first-order chi connectivity index (χ1) is 9.49. The molecule has 0 fully saturated rings. The van der Waals surface area contributed by atoms with Gasteiger partial charge in [0.2, 0.25) is 0 Å². The van der Waals surface area contributed by atoms with Crippen molar-refractivity contribution in [2.24, 2.45) is 0 Å². The van der Waals surface area contributed by atoms with Gasteiger partial charge in [0.05, 0.1) is 0 Å². The Morgan fingerprint density at radius 1 is 1.30 bits per heavy atom. The predicted molar refractivity (Wildman–Crippen MR) is 80.0 cm³/mol. The minimum absolute atomic E-state index is 0.152. The van der Waals surface area contributed by atoms with Gasteiger partial charge in [-0.3, -0.25) is 0 Å². The van der Waals surface area contributed by atoms with E-state index < -0.39 is 5.97 Å². The van der Waals surface area contributed by atoms with E-state index >= 15 is 0 Å². The maximum atomic E-state index is 11.2. The molecule has 1 heterocycles. The molecule has 0 atom stereocenters. The number of nitrogens with zero attached hydrogens (tertiary/aromatic N) is 2. The molecule has 0 saturated heterocycles. The van der Waals surface area contributed by atoms with Crippen LogP contribution in [0.15, 0.2) is 36.5 Å². The third-order valence-electron chi connectivity index (χ3n) is 2.99. The van der Waals surface area contributed by atoms with E-state index in [2.05, 4.69) is 10.3 Å². The van der Waals surface area contributed by atoms with Gasteiger partial charge >= 0.3 is 5.97 Å². The highest BCUT2D eigenvalue weighted by atomic mass is 16.4. The SMILES string of the molecule is Cc1ccc(Nc2ncccc2C(=O)O)cc1N(C)C. The zero-order valence-corrected chi connectivity index (χ0v) is 11.7. The summed E-state index contributed by atoms with van der Waals surface area (Å²) in [5, 5.41) is 12.2. The number of aromatic nitrogens is 1. The Kier molecular flexibility index (Phi) is 3.89. The number of rotatable bonds is 4. The fourth-order valence-corrected chi connectivity index (χ4v) is 1.98. The molecule has 0 spiro atoms. The van der Waals surface area contributed by atoms with E-state index in [9.17, 15) is 4.79 Å². The maximum absolute atomic E-state index is 11.2. The number of nitrogens with one attached hydrogen (secondary N) is 1. The zero-order chi connectivity index (χ0) is 14.7. The molecule has 5 nitrogen and oxygen atoms in total. The second-order valence-electron chi connectivity index (χ2n) is 4.73. The molecule has 0 aliphatic heterocycles. The summed E-state index contributed by atoms with van der Waals surface area (Å²) >= 11 is 0. The van der Waals surface area contributed by atoms with Crippen LogP contribution in [-0.2, 0) is 0 Å². The van der Waals surface area contributed by atoms with Crippen molar-refractivity contribution in [2.75, 3.05) is 24.3 Å². The second-order valence-corrected chi connectivity index (χ2v) is 4.73. The lowest BCUT2D eigenvalue weighted by Crippen LogP contribution is -2.11. The molecular formula is C15H17N3O2. The van der Waals surface area contributed by atoms with Gasteiger partial charge in [-0.15, -0.1) is 0 Å². The van der Waals surface area contributed by atoms with Gasteiger partial charge in [0, 0.05) is 31.7 Å². The fraction of sp³-hybridized carbons (Fsp3) is 0.200. The van der Waals surface area contributed by atoms with Gasteiger partial charge in [-0.1, -0.05) is 6.07 Å².